The number of pyridine rings is 1. The van der Waals surface area contributed by atoms with Gasteiger partial charge in [0.2, 0.25) is 0 Å². The van der Waals surface area contributed by atoms with E-state index in [1.807, 2.05) is 12.1 Å². The number of carboxylic acid groups (broad SMARTS) is 1. The fraction of sp³-hybridized carbons (Fsp3) is 0.400. The van der Waals surface area contributed by atoms with Crippen molar-refractivity contribution < 1.29 is 9.90 Å². The van der Waals surface area contributed by atoms with Gasteiger partial charge in [0.15, 0.2) is 0 Å². The maximum Gasteiger partial charge on any atom is 0.324 e. The fourth-order valence-electron chi connectivity index (χ4n) is 0.903. The van der Waals surface area contributed by atoms with Crippen LogP contribution < -0.4 is 5.32 Å². The lowest BCUT2D eigenvalue weighted by Gasteiger charge is -2.23. The minimum absolute atomic E-state index is 0.475. The molecule has 1 rings (SSSR count). The second kappa shape index (κ2) is 5.14. The number of aromatic nitrogens is 1. The average Bonchev–Trinajstić information content (AvgIpc) is 2.27. The molecule has 0 fully saturated rings. The van der Waals surface area contributed by atoms with E-state index in [0.29, 0.717) is 5.75 Å². The summed E-state index contributed by atoms with van der Waals surface area (Å²) >= 11 is 1.50. The quantitative estimate of drug-likeness (QED) is 0.740. The van der Waals surface area contributed by atoms with Crippen LogP contribution in [0.15, 0.2) is 29.4 Å². The summed E-state index contributed by atoms with van der Waals surface area (Å²) in [6, 6.07) is 3.73. The van der Waals surface area contributed by atoms with Crippen LogP contribution in [-0.2, 0) is 4.79 Å². The minimum atomic E-state index is -0.895. The van der Waals surface area contributed by atoms with E-state index in [9.17, 15) is 4.79 Å². The summed E-state index contributed by atoms with van der Waals surface area (Å²) in [6.07, 6.45) is 3.39. The molecule has 15 heavy (non-hydrogen) atoms. The molecule has 82 valence electrons. The Morgan fingerprint density at radius 2 is 2.20 bits per heavy atom. The Bertz CT molecular complexity index is 331. The van der Waals surface area contributed by atoms with Crippen LogP contribution in [0, 0.1) is 0 Å². The van der Waals surface area contributed by atoms with E-state index in [-0.39, 0.29) is 0 Å². The maximum absolute atomic E-state index is 11.0. The Balaban J connectivity index is 2.59. The van der Waals surface area contributed by atoms with Gasteiger partial charge in [-0.2, -0.15) is 0 Å². The first-order valence-electron chi connectivity index (χ1n) is 4.53. The summed E-state index contributed by atoms with van der Waals surface area (Å²) in [5.41, 5.74) is -0.895. The van der Waals surface area contributed by atoms with Crippen LogP contribution in [0.4, 0.5) is 0 Å². The Hall–Kier alpha value is -1.07. The maximum atomic E-state index is 11.0. The number of likely N-dealkylation sites (N-methyl/N-ethyl adjacent to an activating group) is 1. The van der Waals surface area contributed by atoms with Gasteiger partial charge < -0.3 is 10.4 Å². The van der Waals surface area contributed by atoms with Crippen molar-refractivity contribution in [2.75, 3.05) is 12.8 Å². The normalized spacial score (nSPS) is 14.5. The third-order valence-electron chi connectivity index (χ3n) is 2.20. The number of carbonyl (C=O) groups is 1. The molecule has 1 heterocycles. The lowest BCUT2D eigenvalue weighted by atomic mass is 10.1. The predicted molar refractivity (Wildman–Crippen MR) is 60.1 cm³/mol. The number of carboxylic acids is 1. The molecule has 1 aromatic heterocycles. The van der Waals surface area contributed by atoms with Gasteiger partial charge in [0.25, 0.3) is 0 Å². The molecule has 2 N–H and O–H groups in total. The number of rotatable bonds is 5. The molecule has 0 aliphatic carbocycles. The van der Waals surface area contributed by atoms with Crippen molar-refractivity contribution in [3.63, 3.8) is 0 Å². The van der Waals surface area contributed by atoms with E-state index in [4.69, 9.17) is 5.11 Å². The zero-order valence-corrected chi connectivity index (χ0v) is 9.54. The second-order valence-corrected chi connectivity index (χ2v) is 4.41. The Morgan fingerprint density at radius 1 is 1.60 bits per heavy atom. The van der Waals surface area contributed by atoms with Crippen molar-refractivity contribution in [3.8, 4) is 0 Å². The molecule has 4 nitrogen and oxygen atoms in total. The molecule has 1 aromatic rings. The van der Waals surface area contributed by atoms with Crippen LogP contribution in [0.25, 0.3) is 0 Å². The summed E-state index contributed by atoms with van der Waals surface area (Å²) in [4.78, 5) is 15.9. The van der Waals surface area contributed by atoms with Crippen molar-refractivity contribution >= 4 is 17.7 Å². The summed E-state index contributed by atoms with van der Waals surface area (Å²) in [6.45, 7) is 1.67. The lowest BCUT2D eigenvalue weighted by molar-refractivity contribution is -0.142. The molecule has 0 aliphatic heterocycles. The molecule has 0 amide bonds. The third kappa shape index (κ3) is 3.21. The molecule has 0 saturated carbocycles. The number of thioether (sulfide) groups is 1. The third-order valence-corrected chi connectivity index (χ3v) is 3.53. The van der Waals surface area contributed by atoms with Gasteiger partial charge in [-0.15, -0.1) is 11.8 Å². The van der Waals surface area contributed by atoms with Crippen molar-refractivity contribution in [2.45, 2.75) is 17.4 Å². The first-order chi connectivity index (χ1) is 7.08. The number of hydrogen-bond donors (Lipinski definition) is 2. The monoisotopic (exact) mass is 226 g/mol. The molecule has 0 spiro atoms. The van der Waals surface area contributed by atoms with E-state index < -0.39 is 11.5 Å². The van der Waals surface area contributed by atoms with Crippen LogP contribution in [0.1, 0.15) is 6.92 Å². The molecule has 0 radical (unpaired) electrons. The highest BCUT2D eigenvalue weighted by Gasteiger charge is 2.30. The number of nitrogens with zero attached hydrogens (tertiary/aromatic N) is 1. The van der Waals surface area contributed by atoms with Crippen molar-refractivity contribution in [3.05, 3.63) is 24.5 Å². The van der Waals surface area contributed by atoms with Crippen molar-refractivity contribution in [1.29, 1.82) is 0 Å². The molecule has 1 unspecified atom stereocenters. The smallest absolute Gasteiger partial charge is 0.324 e. The highest BCUT2D eigenvalue weighted by atomic mass is 32.2. The summed E-state index contributed by atoms with van der Waals surface area (Å²) in [7, 11) is 1.65. The molecule has 0 aromatic carbocycles. The molecule has 0 saturated heterocycles. The van der Waals surface area contributed by atoms with E-state index >= 15 is 0 Å². The Kier molecular flexibility index (Phi) is 4.11. The summed E-state index contributed by atoms with van der Waals surface area (Å²) in [5, 5.41) is 11.8. The summed E-state index contributed by atoms with van der Waals surface area (Å²) in [5.74, 6) is -0.366. The molecule has 5 heteroatoms. The van der Waals surface area contributed by atoms with Crippen molar-refractivity contribution in [2.24, 2.45) is 0 Å². The number of hydrogen-bond acceptors (Lipinski definition) is 4. The zero-order valence-electron chi connectivity index (χ0n) is 8.73. The topological polar surface area (TPSA) is 62.2 Å². The standard InChI is InChI=1S/C10H14N2O2S/c1-10(11-2,9(13)14)7-15-8-3-5-12-6-4-8/h3-6,11H,7H2,1-2H3,(H,13,14). The lowest BCUT2D eigenvalue weighted by Crippen LogP contribution is -2.49. The van der Waals surface area contributed by atoms with Crippen LogP contribution in [0.3, 0.4) is 0 Å². The molecule has 1 atom stereocenters. The molecular weight excluding hydrogens is 212 g/mol. The van der Waals surface area contributed by atoms with Gasteiger partial charge in [-0.25, -0.2) is 0 Å². The zero-order chi connectivity index (χ0) is 11.3. The average molecular weight is 226 g/mol. The Morgan fingerprint density at radius 3 is 2.67 bits per heavy atom. The van der Waals surface area contributed by atoms with E-state index in [1.165, 1.54) is 11.8 Å². The van der Waals surface area contributed by atoms with E-state index in [2.05, 4.69) is 10.3 Å². The first-order valence-corrected chi connectivity index (χ1v) is 5.52. The minimum Gasteiger partial charge on any atom is -0.480 e. The van der Waals surface area contributed by atoms with Gasteiger partial charge in [0.1, 0.15) is 5.54 Å². The van der Waals surface area contributed by atoms with Crippen LogP contribution in [-0.4, -0.2) is 34.4 Å². The van der Waals surface area contributed by atoms with Gasteiger partial charge in [0.05, 0.1) is 0 Å². The van der Waals surface area contributed by atoms with E-state index in [0.717, 1.165) is 4.90 Å². The first kappa shape index (κ1) is 12.0. The number of nitrogens with one attached hydrogen (secondary N) is 1. The molecule has 0 bridgehead atoms. The van der Waals surface area contributed by atoms with E-state index in [1.54, 1.807) is 26.4 Å². The predicted octanol–water partition coefficient (Wildman–Crippen LogP) is 1.24. The van der Waals surface area contributed by atoms with Gasteiger partial charge in [0, 0.05) is 23.0 Å². The van der Waals surface area contributed by atoms with Crippen molar-refractivity contribution in [1.82, 2.24) is 10.3 Å². The van der Waals surface area contributed by atoms with Crippen LogP contribution >= 0.6 is 11.8 Å². The largest absolute Gasteiger partial charge is 0.480 e. The Labute approximate surface area is 93.1 Å². The van der Waals surface area contributed by atoms with Gasteiger partial charge in [-0.3, -0.25) is 9.78 Å². The van der Waals surface area contributed by atoms with Gasteiger partial charge >= 0.3 is 5.97 Å². The summed E-state index contributed by atoms with van der Waals surface area (Å²) < 4.78 is 0. The van der Waals surface area contributed by atoms with Gasteiger partial charge in [-0.05, 0) is 26.1 Å². The van der Waals surface area contributed by atoms with Gasteiger partial charge in [-0.1, -0.05) is 0 Å². The number of aliphatic carboxylic acids is 1. The molecular formula is C10H14N2O2S. The highest BCUT2D eigenvalue weighted by molar-refractivity contribution is 7.99. The second-order valence-electron chi connectivity index (χ2n) is 3.36. The van der Waals surface area contributed by atoms with Crippen LogP contribution in [0.2, 0.25) is 0 Å². The van der Waals surface area contributed by atoms with Crippen LogP contribution in [0.5, 0.6) is 0 Å². The highest BCUT2D eigenvalue weighted by Crippen LogP contribution is 2.21. The fourth-order valence-corrected chi connectivity index (χ4v) is 1.94. The molecule has 0 aliphatic rings. The SMILES string of the molecule is CNC(C)(CSc1ccncc1)C(=O)O.